The second-order valence-corrected chi connectivity index (χ2v) is 5.84. The number of carbonyl (C=O) groups excluding carboxylic acids is 1. The summed E-state index contributed by atoms with van der Waals surface area (Å²) in [6, 6.07) is 7.43. The largest absolute Gasteiger partial charge is 0.508 e. The predicted octanol–water partition coefficient (Wildman–Crippen LogP) is 1.16. The second kappa shape index (κ2) is 7.43. The Hall–Kier alpha value is -1.59. The molecule has 0 bridgehead atoms. The van der Waals surface area contributed by atoms with Crippen molar-refractivity contribution in [3.05, 3.63) is 29.8 Å². The van der Waals surface area contributed by atoms with E-state index in [1.807, 2.05) is 24.0 Å². The third-order valence-electron chi connectivity index (χ3n) is 3.86. The van der Waals surface area contributed by atoms with Gasteiger partial charge in [0.1, 0.15) is 5.75 Å². The number of phenols is 1. The van der Waals surface area contributed by atoms with Crippen molar-refractivity contribution in [3.8, 4) is 5.75 Å². The number of nitrogens with two attached hydrogens (primary N) is 1. The molecule has 1 aliphatic heterocycles. The van der Waals surface area contributed by atoms with Crippen LogP contribution < -0.4 is 5.73 Å². The molecule has 1 heterocycles. The zero-order valence-electron chi connectivity index (χ0n) is 12.7. The Balaban J connectivity index is 1.76. The minimum absolute atomic E-state index is 0.0843. The molecule has 1 aromatic carbocycles. The van der Waals surface area contributed by atoms with Crippen LogP contribution in [0.5, 0.6) is 5.75 Å². The van der Waals surface area contributed by atoms with Gasteiger partial charge in [0.05, 0.1) is 0 Å². The lowest BCUT2D eigenvalue weighted by molar-refractivity contribution is -0.133. The number of nitrogens with zero attached hydrogens (tertiary/aromatic N) is 2. The fourth-order valence-corrected chi connectivity index (χ4v) is 2.58. The molecule has 1 amide bonds. The number of hydrogen-bond acceptors (Lipinski definition) is 4. The lowest BCUT2D eigenvalue weighted by Crippen LogP contribution is -2.48. The van der Waals surface area contributed by atoms with E-state index in [4.69, 9.17) is 5.73 Å². The van der Waals surface area contributed by atoms with Crippen molar-refractivity contribution in [2.75, 3.05) is 26.2 Å². The highest BCUT2D eigenvalue weighted by molar-refractivity contribution is 5.76. The summed E-state index contributed by atoms with van der Waals surface area (Å²) < 4.78 is 0. The van der Waals surface area contributed by atoms with Gasteiger partial charge in [0.2, 0.25) is 5.91 Å². The number of carbonyl (C=O) groups is 1. The molecule has 116 valence electrons. The Morgan fingerprint density at radius 3 is 2.67 bits per heavy atom. The molecular weight excluding hydrogens is 266 g/mol. The maximum atomic E-state index is 12.0. The fraction of sp³-hybridized carbons (Fsp3) is 0.562. The Kier molecular flexibility index (Phi) is 5.59. The summed E-state index contributed by atoms with van der Waals surface area (Å²) in [6.07, 6.45) is 1.30. The third-order valence-corrected chi connectivity index (χ3v) is 3.86. The van der Waals surface area contributed by atoms with Crippen LogP contribution in [0.25, 0.3) is 0 Å². The molecule has 1 unspecified atom stereocenters. The van der Waals surface area contributed by atoms with E-state index in [2.05, 4.69) is 4.90 Å². The van der Waals surface area contributed by atoms with Gasteiger partial charge < -0.3 is 15.7 Å². The van der Waals surface area contributed by atoms with E-state index in [1.165, 1.54) is 0 Å². The summed E-state index contributed by atoms with van der Waals surface area (Å²) in [5, 5.41) is 9.48. The summed E-state index contributed by atoms with van der Waals surface area (Å²) in [5.74, 6) is 0.515. The van der Waals surface area contributed by atoms with Crippen molar-refractivity contribution in [2.24, 2.45) is 5.73 Å². The molecule has 0 aromatic heterocycles. The highest BCUT2D eigenvalue weighted by atomic mass is 16.3. The Morgan fingerprint density at radius 1 is 1.33 bits per heavy atom. The van der Waals surface area contributed by atoms with Crippen LogP contribution in [0.1, 0.15) is 25.3 Å². The maximum absolute atomic E-state index is 12.0. The molecule has 1 atom stereocenters. The van der Waals surface area contributed by atoms with Crippen molar-refractivity contribution in [2.45, 2.75) is 32.4 Å². The van der Waals surface area contributed by atoms with E-state index in [0.29, 0.717) is 12.2 Å². The lowest BCUT2D eigenvalue weighted by atomic mass is 10.1. The monoisotopic (exact) mass is 291 g/mol. The summed E-state index contributed by atoms with van der Waals surface area (Å²) in [5.41, 5.74) is 6.79. The summed E-state index contributed by atoms with van der Waals surface area (Å²) in [4.78, 5) is 16.3. The number of hydrogen-bond donors (Lipinski definition) is 2. The van der Waals surface area contributed by atoms with Gasteiger partial charge in [0, 0.05) is 45.2 Å². The fourth-order valence-electron chi connectivity index (χ4n) is 2.58. The number of amides is 1. The number of benzene rings is 1. The molecule has 0 radical (unpaired) electrons. The highest BCUT2D eigenvalue weighted by Crippen LogP contribution is 2.14. The van der Waals surface area contributed by atoms with Crippen molar-refractivity contribution < 1.29 is 9.90 Å². The molecule has 0 spiro atoms. The van der Waals surface area contributed by atoms with Gasteiger partial charge in [0.15, 0.2) is 0 Å². The van der Waals surface area contributed by atoms with Crippen LogP contribution >= 0.6 is 0 Å². The van der Waals surface area contributed by atoms with Crippen molar-refractivity contribution in [1.29, 1.82) is 0 Å². The molecule has 1 fully saturated rings. The molecule has 5 nitrogen and oxygen atoms in total. The minimum atomic E-state index is 0.0843. The first kappa shape index (κ1) is 15.8. The van der Waals surface area contributed by atoms with E-state index in [1.54, 1.807) is 12.1 Å². The molecule has 3 N–H and O–H groups in total. The highest BCUT2D eigenvalue weighted by Gasteiger charge is 2.21. The van der Waals surface area contributed by atoms with Crippen molar-refractivity contribution in [3.63, 3.8) is 0 Å². The van der Waals surface area contributed by atoms with Gasteiger partial charge in [-0.25, -0.2) is 0 Å². The zero-order chi connectivity index (χ0) is 15.2. The molecule has 1 aromatic rings. The van der Waals surface area contributed by atoms with E-state index >= 15 is 0 Å². The number of phenolic OH excluding ortho intramolecular Hbond substituents is 1. The van der Waals surface area contributed by atoms with E-state index in [-0.39, 0.29) is 11.9 Å². The van der Waals surface area contributed by atoms with Crippen LogP contribution in [0, 0.1) is 0 Å². The average Bonchev–Trinajstić information content (AvgIpc) is 2.45. The van der Waals surface area contributed by atoms with Crippen molar-refractivity contribution in [1.82, 2.24) is 9.80 Å². The number of rotatable bonds is 5. The first-order valence-electron chi connectivity index (χ1n) is 7.58. The second-order valence-electron chi connectivity index (χ2n) is 5.84. The van der Waals surface area contributed by atoms with Gasteiger partial charge in [0.25, 0.3) is 0 Å². The van der Waals surface area contributed by atoms with Crippen LogP contribution in [0.3, 0.4) is 0 Å². The molecular formula is C16H25N3O2. The van der Waals surface area contributed by atoms with Crippen LogP contribution in [-0.2, 0) is 11.3 Å². The van der Waals surface area contributed by atoms with Crippen LogP contribution in [0.15, 0.2) is 24.3 Å². The van der Waals surface area contributed by atoms with E-state index in [9.17, 15) is 9.90 Å². The SMILES string of the molecule is CC(N)CCC(=O)N1CCN(Cc2cccc(O)c2)CC1. The standard InChI is InChI=1S/C16H25N3O2/c1-13(17)5-6-16(21)19-9-7-18(8-10-19)12-14-3-2-4-15(20)11-14/h2-4,11,13,20H,5-10,12,17H2,1H3. The predicted molar refractivity (Wildman–Crippen MR) is 82.8 cm³/mol. The molecule has 0 saturated carbocycles. The topological polar surface area (TPSA) is 69.8 Å². The van der Waals surface area contributed by atoms with Gasteiger partial charge in [-0.15, -0.1) is 0 Å². The van der Waals surface area contributed by atoms with Gasteiger partial charge in [-0.3, -0.25) is 9.69 Å². The van der Waals surface area contributed by atoms with Gasteiger partial charge in [-0.1, -0.05) is 12.1 Å². The van der Waals surface area contributed by atoms with E-state index < -0.39 is 0 Å². The average molecular weight is 291 g/mol. The molecule has 2 rings (SSSR count). The molecule has 1 saturated heterocycles. The minimum Gasteiger partial charge on any atom is -0.508 e. The lowest BCUT2D eigenvalue weighted by Gasteiger charge is -2.35. The summed E-state index contributed by atoms with van der Waals surface area (Å²) in [6.45, 7) is 6.04. The molecule has 5 heteroatoms. The van der Waals surface area contributed by atoms with Crippen molar-refractivity contribution >= 4 is 5.91 Å². The smallest absolute Gasteiger partial charge is 0.222 e. The molecule has 1 aliphatic rings. The quantitative estimate of drug-likeness (QED) is 0.854. The van der Waals surface area contributed by atoms with Gasteiger partial charge in [-0.2, -0.15) is 0 Å². The summed E-state index contributed by atoms with van der Waals surface area (Å²) >= 11 is 0. The Morgan fingerprint density at radius 2 is 2.05 bits per heavy atom. The first-order valence-corrected chi connectivity index (χ1v) is 7.58. The number of aromatic hydroxyl groups is 1. The Bertz CT molecular complexity index is 468. The normalized spacial score (nSPS) is 17.7. The summed E-state index contributed by atoms with van der Waals surface area (Å²) in [7, 11) is 0. The Labute approximate surface area is 126 Å². The van der Waals surface area contributed by atoms with Gasteiger partial charge in [-0.05, 0) is 31.0 Å². The first-order chi connectivity index (χ1) is 10.0. The third kappa shape index (κ3) is 5.02. The molecule has 0 aliphatic carbocycles. The van der Waals surface area contributed by atoms with Crippen LogP contribution in [-0.4, -0.2) is 53.0 Å². The van der Waals surface area contributed by atoms with E-state index in [0.717, 1.165) is 44.7 Å². The zero-order valence-corrected chi connectivity index (χ0v) is 12.7. The van der Waals surface area contributed by atoms with Gasteiger partial charge >= 0.3 is 0 Å². The number of piperazine rings is 1. The maximum Gasteiger partial charge on any atom is 0.222 e. The molecule has 21 heavy (non-hydrogen) atoms. The van der Waals surface area contributed by atoms with Crippen LogP contribution in [0.4, 0.5) is 0 Å². The van der Waals surface area contributed by atoms with Crippen LogP contribution in [0.2, 0.25) is 0 Å².